The van der Waals surface area contributed by atoms with Gasteiger partial charge in [-0.15, -0.1) is 0 Å². The molecule has 3 aromatic rings. The molecule has 0 unspecified atom stereocenters. The molecule has 0 fully saturated rings. The highest BCUT2D eigenvalue weighted by molar-refractivity contribution is 5.65. The first kappa shape index (κ1) is 20.6. The number of nitrogens with zero attached hydrogens (tertiary/aromatic N) is 2. The van der Waals surface area contributed by atoms with E-state index in [-0.39, 0.29) is 16.8 Å². The van der Waals surface area contributed by atoms with Gasteiger partial charge in [0.1, 0.15) is 11.6 Å². The molecule has 29 heavy (non-hydrogen) atoms. The van der Waals surface area contributed by atoms with Gasteiger partial charge in [0.15, 0.2) is 0 Å². The van der Waals surface area contributed by atoms with Gasteiger partial charge >= 0.3 is 0 Å². The number of benzene rings is 2. The highest BCUT2D eigenvalue weighted by atomic mass is 15.1. The van der Waals surface area contributed by atoms with Gasteiger partial charge < -0.3 is 16.4 Å². The van der Waals surface area contributed by atoms with Crippen molar-refractivity contribution in [2.45, 2.75) is 52.4 Å². The Morgan fingerprint density at radius 1 is 0.621 bits per heavy atom. The topological polar surface area (TPSA) is 75.9 Å². The van der Waals surface area contributed by atoms with Crippen LogP contribution in [-0.4, -0.2) is 9.97 Å². The smallest absolute Gasteiger partial charge is 0.223 e. The zero-order chi connectivity index (χ0) is 21.2. The van der Waals surface area contributed by atoms with Crippen LogP contribution in [0.15, 0.2) is 54.6 Å². The molecule has 1 aromatic heterocycles. The van der Waals surface area contributed by atoms with Crippen LogP contribution in [0.2, 0.25) is 0 Å². The number of rotatable bonds is 4. The van der Waals surface area contributed by atoms with Crippen molar-refractivity contribution in [2.24, 2.45) is 0 Å². The summed E-state index contributed by atoms with van der Waals surface area (Å²) in [6, 6.07) is 18.6. The fraction of sp³-hybridized carbons (Fsp3) is 0.333. The maximum Gasteiger partial charge on any atom is 0.223 e. The van der Waals surface area contributed by atoms with Crippen LogP contribution < -0.4 is 16.4 Å². The van der Waals surface area contributed by atoms with E-state index in [9.17, 15) is 0 Å². The minimum atomic E-state index is 0.123. The second kappa shape index (κ2) is 7.74. The quantitative estimate of drug-likeness (QED) is 0.499. The average molecular weight is 390 g/mol. The lowest BCUT2D eigenvalue weighted by Gasteiger charge is -2.19. The lowest BCUT2D eigenvalue weighted by Crippen LogP contribution is -2.10. The fourth-order valence-corrected chi connectivity index (χ4v) is 3.00. The molecule has 2 aromatic carbocycles. The van der Waals surface area contributed by atoms with Crippen LogP contribution >= 0.6 is 0 Å². The van der Waals surface area contributed by atoms with Crippen LogP contribution in [0.4, 0.5) is 29.0 Å². The molecule has 0 bridgehead atoms. The second-order valence-electron chi connectivity index (χ2n) is 9.40. The largest absolute Gasteiger partial charge is 0.368 e. The summed E-state index contributed by atoms with van der Waals surface area (Å²) in [7, 11) is 0. The zero-order valence-corrected chi connectivity index (χ0v) is 18.2. The van der Waals surface area contributed by atoms with Crippen molar-refractivity contribution in [3.05, 3.63) is 65.7 Å². The van der Waals surface area contributed by atoms with Gasteiger partial charge in [-0.1, -0.05) is 65.8 Å². The number of hydrogen-bond acceptors (Lipinski definition) is 5. The number of aromatic nitrogens is 2. The Balaban J connectivity index is 1.76. The summed E-state index contributed by atoms with van der Waals surface area (Å²) >= 11 is 0. The number of hydrogen-bond donors (Lipinski definition) is 3. The zero-order valence-electron chi connectivity index (χ0n) is 18.2. The number of nitrogens with one attached hydrogen (secondary N) is 2. The molecule has 0 aliphatic carbocycles. The van der Waals surface area contributed by atoms with E-state index in [1.165, 1.54) is 11.1 Å². The van der Waals surface area contributed by atoms with Crippen molar-refractivity contribution in [3.63, 3.8) is 0 Å². The van der Waals surface area contributed by atoms with E-state index in [1.807, 2.05) is 6.07 Å². The van der Waals surface area contributed by atoms with Gasteiger partial charge in [0.05, 0.1) is 0 Å². The maximum atomic E-state index is 5.93. The maximum absolute atomic E-state index is 5.93. The van der Waals surface area contributed by atoms with Gasteiger partial charge in [-0.25, -0.2) is 0 Å². The van der Waals surface area contributed by atoms with Gasteiger partial charge in [0.2, 0.25) is 5.95 Å². The number of anilines is 5. The van der Waals surface area contributed by atoms with Gasteiger partial charge in [-0.05, 0) is 46.2 Å². The van der Waals surface area contributed by atoms with E-state index in [0.29, 0.717) is 11.6 Å². The van der Waals surface area contributed by atoms with E-state index >= 15 is 0 Å². The molecular formula is C24H31N5. The normalized spacial score (nSPS) is 11.9. The van der Waals surface area contributed by atoms with Crippen LogP contribution in [0.1, 0.15) is 52.7 Å². The lowest BCUT2D eigenvalue weighted by atomic mass is 9.87. The Kier molecular flexibility index (Phi) is 5.51. The van der Waals surface area contributed by atoms with Crippen LogP contribution in [0, 0.1) is 0 Å². The Labute approximate surface area is 173 Å². The van der Waals surface area contributed by atoms with Gasteiger partial charge in [0, 0.05) is 17.4 Å². The molecule has 5 nitrogen and oxygen atoms in total. The van der Waals surface area contributed by atoms with Crippen molar-refractivity contribution in [1.29, 1.82) is 0 Å². The van der Waals surface area contributed by atoms with E-state index in [1.54, 1.807) is 0 Å². The molecule has 0 radical (unpaired) electrons. The van der Waals surface area contributed by atoms with Crippen LogP contribution in [0.3, 0.4) is 0 Å². The summed E-state index contributed by atoms with van der Waals surface area (Å²) < 4.78 is 0. The Hall–Kier alpha value is -3.08. The van der Waals surface area contributed by atoms with Crippen molar-refractivity contribution in [3.8, 4) is 0 Å². The molecular weight excluding hydrogens is 358 g/mol. The van der Waals surface area contributed by atoms with Crippen molar-refractivity contribution < 1.29 is 0 Å². The minimum Gasteiger partial charge on any atom is -0.368 e. The first-order valence-electron chi connectivity index (χ1n) is 9.90. The van der Waals surface area contributed by atoms with E-state index in [2.05, 4.69) is 111 Å². The van der Waals surface area contributed by atoms with Crippen molar-refractivity contribution >= 4 is 29.0 Å². The summed E-state index contributed by atoms with van der Waals surface area (Å²) in [5, 5.41) is 6.61. The van der Waals surface area contributed by atoms with Gasteiger partial charge in [-0.2, -0.15) is 9.97 Å². The summed E-state index contributed by atoms with van der Waals surface area (Å²) in [6.07, 6.45) is 0. The molecule has 152 valence electrons. The molecule has 5 heteroatoms. The second-order valence-corrected chi connectivity index (χ2v) is 9.40. The van der Waals surface area contributed by atoms with E-state index < -0.39 is 0 Å². The number of nitrogen functional groups attached to an aromatic ring is 1. The summed E-state index contributed by atoms with van der Waals surface area (Å²) in [6.45, 7) is 13.2. The third-order valence-corrected chi connectivity index (χ3v) is 4.79. The molecule has 0 amide bonds. The molecule has 1 heterocycles. The van der Waals surface area contributed by atoms with Crippen molar-refractivity contribution in [1.82, 2.24) is 9.97 Å². The summed E-state index contributed by atoms with van der Waals surface area (Å²) in [4.78, 5) is 8.61. The van der Waals surface area contributed by atoms with Crippen molar-refractivity contribution in [2.75, 3.05) is 16.4 Å². The molecule has 0 atom stereocenters. The van der Waals surface area contributed by atoms with Crippen LogP contribution in [0.25, 0.3) is 0 Å². The first-order chi connectivity index (χ1) is 13.5. The van der Waals surface area contributed by atoms with Crippen LogP contribution in [0.5, 0.6) is 0 Å². The van der Waals surface area contributed by atoms with Crippen LogP contribution in [-0.2, 0) is 10.8 Å². The SMILES string of the molecule is CC(C)(C)c1ccc(Nc2cc(Nc3ccc(C(C)(C)C)cc3)nc(N)n2)cc1. The Morgan fingerprint density at radius 3 is 1.28 bits per heavy atom. The predicted molar refractivity (Wildman–Crippen MR) is 123 cm³/mol. The Morgan fingerprint density at radius 2 is 0.966 bits per heavy atom. The molecule has 0 aliphatic rings. The molecule has 3 rings (SSSR count). The molecule has 0 spiro atoms. The van der Waals surface area contributed by atoms with E-state index in [4.69, 9.17) is 5.73 Å². The van der Waals surface area contributed by atoms with Gasteiger partial charge in [0.25, 0.3) is 0 Å². The summed E-state index contributed by atoms with van der Waals surface area (Å²) in [5.41, 5.74) is 10.6. The highest BCUT2D eigenvalue weighted by Gasteiger charge is 2.14. The third-order valence-electron chi connectivity index (χ3n) is 4.79. The molecule has 0 saturated carbocycles. The van der Waals surface area contributed by atoms with E-state index in [0.717, 1.165) is 11.4 Å². The fourth-order valence-electron chi connectivity index (χ4n) is 3.00. The molecule has 0 saturated heterocycles. The first-order valence-corrected chi connectivity index (χ1v) is 9.90. The third kappa shape index (κ3) is 5.47. The highest BCUT2D eigenvalue weighted by Crippen LogP contribution is 2.27. The monoisotopic (exact) mass is 389 g/mol. The summed E-state index contributed by atoms with van der Waals surface area (Å²) in [5.74, 6) is 1.51. The van der Waals surface area contributed by atoms with Gasteiger partial charge in [-0.3, -0.25) is 0 Å². The standard InChI is InChI=1S/C24H31N5/c1-23(2,3)16-7-11-18(12-8-16)26-20-15-21(29-22(25)28-20)27-19-13-9-17(10-14-19)24(4,5)6/h7-15H,1-6H3,(H4,25,26,27,28,29). The molecule has 0 aliphatic heterocycles. The Bertz CT molecular complexity index is 884. The predicted octanol–water partition coefficient (Wildman–Crippen LogP) is 6.14. The average Bonchev–Trinajstić information content (AvgIpc) is 2.60. The molecule has 4 N–H and O–H groups in total. The minimum absolute atomic E-state index is 0.123. The lowest BCUT2D eigenvalue weighted by molar-refractivity contribution is 0.590. The number of nitrogens with two attached hydrogens (primary N) is 1.